The lowest BCUT2D eigenvalue weighted by Gasteiger charge is -2.38. The summed E-state index contributed by atoms with van der Waals surface area (Å²) < 4.78 is 27.3. The van der Waals surface area contributed by atoms with Gasteiger partial charge in [-0.2, -0.15) is 0 Å². The van der Waals surface area contributed by atoms with Crippen LogP contribution in [0.5, 0.6) is 0 Å². The van der Waals surface area contributed by atoms with Gasteiger partial charge in [0.05, 0.1) is 0 Å². The van der Waals surface area contributed by atoms with Crippen LogP contribution >= 0.6 is 0 Å². The Morgan fingerprint density at radius 1 is 1.11 bits per heavy atom. The molecule has 3 rings (SSSR count). The van der Waals surface area contributed by atoms with E-state index in [1.807, 2.05) is 0 Å². The van der Waals surface area contributed by atoms with E-state index in [0.717, 1.165) is 31.2 Å². The van der Waals surface area contributed by atoms with Crippen LogP contribution in [0.25, 0.3) is 0 Å². The van der Waals surface area contributed by atoms with E-state index in [1.165, 1.54) is 19.3 Å². The van der Waals surface area contributed by atoms with Gasteiger partial charge in [0.1, 0.15) is 0 Å². The van der Waals surface area contributed by atoms with Gasteiger partial charge in [0, 0.05) is 11.1 Å². The molecule has 0 amide bonds. The molecular formula is C15H19F2N. The smallest absolute Gasteiger partial charge is 0.163 e. The lowest BCUT2D eigenvalue weighted by Crippen LogP contribution is -2.42. The van der Waals surface area contributed by atoms with E-state index in [1.54, 1.807) is 12.1 Å². The largest absolute Gasteiger partial charge is 0.321 e. The number of benzene rings is 1. The van der Waals surface area contributed by atoms with Gasteiger partial charge in [0.2, 0.25) is 0 Å². The minimum absolute atomic E-state index is 0.368. The van der Waals surface area contributed by atoms with E-state index < -0.39 is 17.2 Å². The molecule has 0 aromatic heterocycles. The SMILES string of the molecule is NC1(c2cccc(F)c2F)CCCC(C2CC2)C1. The molecule has 2 N–H and O–H groups in total. The van der Waals surface area contributed by atoms with E-state index in [4.69, 9.17) is 5.73 Å². The van der Waals surface area contributed by atoms with Crippen molar-refractivity contribution >= 4 is 0 Å². The Labute approximate surface area is 106 Å². The molecule has 0 heterocycles. The third-order valence-corrected chi connectivity index (χ3v) is 4.60. The fourth-order valence-electron chi connectivity index (χ4n) is 3.45. The minimum atomic E-state index is -0.786. The first kappa shape index (κ1) is 12.1. The van der Waals surface area contributed by atoms with Gasteiger partial charge in [-0.3, -0.25) is 0 Å². The highest BCUT2D eigenvalue weighted by molar-refractivity contribution is 5.27. The molecule has 2 aliphatic rings. The molecule has 3 heteroatoms. The van der Waals surface area contributed by atoms with Crippen LogP contribution in [0.2, 0.25) is 0 Å². The van der Waals surface area contributed by atoms with Crippen LogP contribution in [-0.4, -0.2) is 0 Å². The lowest BCUT2D eigenvalue weighted by atomic mass is 9.71. The summed E-state index contributed by atoms with van der Waals surface area (Å²) in [5.41, 5.74) is 6.10. The highest BCUT2D eigenvalue weighted by Gasteiger charge is 2.42. The maximum absolute atomic E-state index is 13.9. The van der Waals surface area contributed by atoms with Crippen molar-refractivity contribution in [2.24, 2.45) is 17.6 Å². The lowest BCUT2D eigenvalue weighted by molar-refractivity contribution is 0.201. The number of halogens is 2. The Kier molecular flexibility index (Phi) is 2.89. The van der Waals surface area contributed by atoms with Crippen LogP contribution in [0, 0.1) is 23.5 Å². The van der Waals surface area contributed by atoms with Crippen LogP contribution in [0.3, 0.4) is 0 Å². The van der Waals surface area contributed by atoms with Gasteiger partial charge in [-0.1, -0.05) is 25.0 Å². The molecule has 2 saturated carbocycles. The van der Waals surface area contributed by atoms with Crippen molar-refractivity contribution < 1.29 is 8.78 Å². The predicted octanol–water partition coefficient (Wildman–Crippen LogP) is 3.72. The first-order valence-electron chi connectivity index (χ1n) is 6.83. The van der Waals surface area contributed by atoms with Crippen LogP contribution < -0.4 is 5.73 Å². The number of hydrogen-bond acceptors (Lipinski definition) is 1. The summed E-state index contributed by atoms with van der Waals surface area (Å²) in [6, 6.07) is 4.36. The maximum Gasteiger partial charge on any atom is 0.163 e. The summed E-state index contributed by atoms with van der Waals surface area (Å²) in [6.45, 7) is 0. The van der Waals surface area contributed by atoms with Crippen molar-refractivity contribution in [3.8, 4) is 0 Å². The van der Waals surface area contributed by atoms with Crippen molar-refractivity contribution in [1.29, 1.82) is 0 Å². The van der Waals surface area contributed by atoms with Crippen molar-refractivity contribution in [2.45, 2.75) is 44.1 Å². The monoisotopic (exact) mass is 251 g/mol. The third-order valence-electron chi connectivity index (χ3n) is 4.60. The number of hydrogen-bond donors (Lipinski definition) is 1. The standard InChI is InChI=1S/C15H19F2N/c16-13-5-1-4-12(14(13)17)15(18)8-2-3-11(9-15)10-6-7-10/h1,4-5,10-11H,2-3,6-9,18H2. The van der Waals surface area contributed by atoms with Crippen molar-refractivity contribution in [2.75, 3.05) is 0 Å². The van der Waals surface area contributed by atoms with Gasteiger partial charge in [-0.25, -0.2) is 8.78 Å². The topological polar surface area (TPSA) is 26.0 Å². The molecule has 18 heavy (non-hydrogen) atoms. The molecule has 1 aromatic carbocycles. The number of rotatable bonds is 2. The van der Waals surface area contributed by atoms with Crippen LogP contribution in [-0.2, 0) is 5.54 Å². The Morgan fingerprint density at radius 2 is 1.89 bits per heavy atom. The average Bonchev–Trinajstić information content (AvgIpc) is 3.16. The fraction of sp³-hybridized carbons (Fsp3) is 0.600. The molecule has 2 atom stereocenters. The second-order valence-corrected chi connectivity index (χ2v) is 5.95. The van der Waals surface area contributed by atoms with Gasteiger partial charge in [0.25, 0.3) is 0 Å². The van der Waals surface area contributed by atoms with Crippen LogP contribution in [0.1, 0.15) is 44.1 Å². The summed E-state index contributed by atoms with van der Waals surface area (Å²) in [4.78, 5) is 0. The van der Waals surface area contributed by atoms with Gasteiger partial charge in [0.15, 0.2) is 11.6 Å². The molecule has 2 fully saturated rings. The van der Waals surface area contributed by atoms with Gasteiger partial charge in [-0.05, 0) is 43.6 Å². The quantitative estimate of drug-likeness (QED) is 0.851. The molecule has 98 valence electrons. The van der Waals surface area contributed by atoms with Gasteiger partial charge >= 0.3 is 0 Å². The van der Waals surface area contributed by atoms with E-state index >= 15 is 0 Å². The second kappa shape index (κ2) is 4.30. The van der Waals surface area contributed by atoms with E-state index in [2.05, 4.69) is 0 Å². The summed E-state index contributed by atoms with van der Waals surface area (Å²) in [5.74, 6) is -0.154. The van der Waals surface area contributed by atoms with E-state index in [0.29, 0.717) is 11.5 Å². The molecule has 2 aliphatic carbocycles. The summed E-state index contributed by atoms with van der Waals surface area (Å²) in [6.07, 6.45) is 6.35. The molecule has 0 bridgehead atoms. The fourth-order valence-corrected chi connectivity index (χ4v) is 3.45. The van der Waals surface area contributed by atoms with Crippen LogP contribution in [0.15, 0.2) is 18.2 Å². The third kappa shape index (κ3) is 2.05. The minimum Gasteiger partial charge on any atom is -0.321 e. The van der Waals surface area contributed by atoms with Crippen molar-refractivity contribution in [1.82, 2.24) is 0 Å². The number of nitrogens with two attached hydrogens (primary N) is 1. The zero-order valence-corrected chi connectivity index (χ0v) is 10.5. The zero-order chi connectivity index (χ0) is 12.8. The molecule has 0 spiro atoms. The Balaban J connectivity index is 1.90. The highest BCUT2D eigenvalue weighted by atomic mass is 19.2. The molecule has 0 aliphatic heterocycles. The highest BCUT2D eigenvalue weighted by Crippen LogP contribution is 2.48. The molecule has 2 unspecified atom stereocenters. The zero-order valence-electron chi connectivity index (χ0n) is 10.5. The molecular weight excluding hydrogens is 232 g/mol. The summed E-state index contributed by atoms with van der Waals surface area (Å²) >= 11 is 0. The molecule has 0 saturated heterocycles. The summed E-state index contributed by atoms with van der Waals surface area (Å²) in [5, 5.41) is 0. The summed E-state index contributed by atoms with van der Waals surface area (Å²) in [7, 11) is 0. The first-order chi connectivity index (χ1) is 8.60. The first-order valence-corrected chi connectivity index (χ1v) is 6.83. The Morgan fingerprint density at radius 3 is 2.61 bits per heavy atom. The normalized spacial score (nSPS) is 32.5. The van der Waals surface area contributed by atoms with Crippen LogP contribution in [0.4, 0.5) is 8.78 Å². The maximum atomic E-state index is 13.9. The van der Waals surface area contributed by atoms with E-state index in [9.17, 15) is 8.78 Å². The van der Waals surface area contributed by atoms with Crippen molar-refractivity contribution in [3.63, 3.8) is 0 Å². The predicted molar refractivity (Wildman–Crippen MR) is 66.9 cm³/mol. The molecule has 0 radical (unpaired) electrons. The average molecular weight is 251 g/mol. The van der Waals surface area contributed by atoms with E-state index in [-0.39, 0.29) is 0 Å². The van der Waals surface area contributed by atoms with Crippen molar-refractivity contribution in [3.05, 3.63) is 35.4 Å². The second-order valence-electron chi connectivity index (χ2n) is 5.95. The van der Waals surface area contributed by atoms with Gasteiger partial charge in [-0.15, -0.1) is 0 Å². The Bertz CT molecular complexity index is 456. The molecule has 1 nitrogen and oxygen atoms in total. The molecule has 1 aromatic rings. The van der Waals surface area contributed by atoms with Gasteiger partial charge < -0.3 is 5.73 Å². The Hall–Kier alpha value is -0.960.